The lowest BCUT2D eigenvalue weighted by Gasteiger charge is -1.65. The van der Waals surface area contributed by atoms with E-state index in [1.165, 1.54) is 0 Å². The molecule has 1 aromatic heterocycles. The fourth-order valence-corrected chi connectivity index (χ4v) is 0.298. The second-order valence-electron chi connectivity index (χ2n) is 0.846. The van der Waals surface area contributed by atoms with Crippen LogP contribution in [0.2, 0.25) is 10.3 Å². The minimum atomic E-state index is 0.0988. The molecule has 3 nitrogen and oxygen atoms in total. The van der Waals surface area contributed by atoms with Gasteiger partial charge in [0, 0.05) is 0 Å². The first kappa shape index (κ1) is 4.87. The Balaban J connectivity index is 3.12. The zero-order chi connectivity index (χ0) is 5.28. The zero-order valence-corrected chi connectivity index (χ0v) is 4.57. The van der Waals surface area contributed by atoms with Crippen molar-refractivity contribution in [3.8, 4) is 0 Å². The van der Waals surface area contributed by atoms with Gasteiger partial charge in [0.1, 0.15) is 0 Å². The van der Waals surface area contributed by atoms with Crippen molar-refractivity contribution in [1.29, 1.82) is 0 Å². The molecule has 1 heterocycles. The van der Waals surface area contributed by atoms with Gasteiger partial charge in [-0.1, -0.05) is 23.2 Å². The van der Waals surface area contributed by atoms with Crippen LogP contribution < -0.4 is 0 Å². The highest BCUT2D eigenvalue weighted by Gasteiger charge is 1.99. The van der Waals surface area contributed by atoms with Crippen LogP contribution in [-0.4, -0.2) is 10.3 Å². The van der Waals surface area contributed by atoms with E-state index >= 15 is 0 Å². The van der Waals surface area contributed by atoms with Crippen LogP contribution in [0.25, 0.3) is 0 Å². The molecule has 0 spiro atoms. The van der Waals surface area contributed by atoms with Crippen molar-refractivity contribution < 1.29 is 4.63 Å². The number of hydrogen-bond acceptors (Lipinski definition) is 3. The first-order valence-corrected chi connectivity index (χ1v) is 2.20. The van der Waals surface area contributed by atoms with Crippen molar-refractivity contribution in [2.45, 2.75) is 0 Å². The molecular weight excluding hydrogens is 139 g/mol. The molecule has 1 rings (SSSR count). The number of nitrogens with zero attached hydrogens (tertiary/aromatic N) is 2. The molecule has 5 heteroatoms. The van der Waals surface area contributed by atoms with Gasteiger partial charge in [-0.2, -0.15) is 0 Å². The predicted octanol–water partition coefficient (Wildman–Crippen LogP) is 1.38. The highest BCUT2D eigenvalue weighted by molar-refractivity contribution is 6.40. The van der Waals surface area contributed by atoms with E-state index in [2.05, 4.69) is 14.9 Å². The summed E-state index contributed by atoms with van der Waals surface area (Å²) in [5, 5.41) is 6.52. The highest BCUT2D eigenvalue weighted by Crippen LogP contribution is 2.13. The summed E-state index contributed by atoms with van der Waals surface area (Å²) in [6.07, 6.45) is 0. The Morgan fingerprint density at radius 1 is 1.14 bits per heavy atom. The smallest absolute Gasteiger partial charge is 0.212 e. The van der Waals surface area contributed by atoms with E-state index in [0.717, 1.165) is 0 Å². The molecule has 7 heavy (non-hydrogen) atoms. The first-order chi connectivity index (χ1) is 3.30. The summed E-state index contributed by atoms with van der Waals surface area (Å²) in [6, 6.07) is 0. The normalized spacial score (nSPS) is 9.43. The molecule has 0 aliphatic heterocycles. The van der Waals surface area contributed by atoms with Gasteiger partial charge in [0.2, 0.25) is 10.3 Å². The highest BCUT2D eigenvalue weighted by atomic mass is 35.5. The molecule has 0 N–H and O–H groups in total. The molecule has 0 bridgehead atoms. The van der Waals surface area contributed by atoms with Crippen LogP contribution >= 0.6 is 23.2 Å². The maximum absolute atomic E-state index is 5.22. The predicted molar refractivity (Wildman–Crippen MR) is 24.3 cm³/mol. The maximum Gasteiger partial charge on any atom is 0.212 e. The third-order valence-electron chi connectivity index (χ3n) is 0.412. The third kappa shape index (κ3) is 0.838. The second-order valence-corrected chi connectivity index (χ2v) is 1.56. The van der Waals surface area contributed by atoms with Crippen LogP contribution in [0.4, 0.5) is 0 Å². The molecule has 1 aromatic rings. The third-order valence-corrected chi connectivity index (χ3v) is 1.00. The van der Waals surface area contributed by atoms with Crippen LogP contribution in [0.1, 0.15) is 0 Å². The van der Waals surface area contributed by atoms with Crippen molar-refractivity contribution in [1.82, 2.24) is 10.3 Å². The summed E-state index contributed by atoms with van der Waals surface area (Å²) in [6.45, 7) is 0. The number of halogens is 2. The van der Waals surface area contributed by atoms with Gasteiger partial charge in [-0.25, -0.2) is 4.63 Å². The maximum atomic E-state index is 5.22. The lowest BCUT2D eigenvalue weighted by Crippen LogP contribution is -1.56. The Labute approximate surface area is 49.2 Å². The summed E-state index contributed by atoms with van der Waals surface area (Å²) in [5.74, 6) is 0. The largest absolute Gasteiger partial charge is 0.241 e. The lowest BCUT2D eigenvalue weighted by atomic mass is 10.9. The average molecular weight is 139 g/mol. The second kappa shape index (κ2) is 1.68. The Bertz CT molecular complexity index is 146. The molecule has 0 saturated carbocycles. The van der Waals surface area contributed by atoms with E-state index in [0.29, 0.717) is 0 Å². The minimum Gasteiger partial charge on any atom is -0.241 e. The van der Waals surface area contributed by atoms with Gasteiger partial charge >= 0.3 is 0 Å². The number of rotatable bonds is 0. The molecule has 0 saturated heterocycles. The van der Waals surface area contributed by atoms with Gasteiger partial charge in [-0.3, -0.25) is 0 Å². The monoisotopic (exact) mass is 138 g/mol. The molecule has 0 aliphatic carbocycles. The van der Waals surface area contributed by atoms with E-state index in [4.69, 9.17) is 23.2 Å². The fourth-order valence-electron chi connectivity index (χ4n) is 0.167. The van der Waals surface area contributed by atoms with E-state index in [1.807, 2.05) is 0 Å². The van der Waals surface area contributed by atoms with E-state index in [9.17, 15) is 0 Å². The van der Waals surface area contributed by atoms with Gasteiger partial charge in [0.25, 0.3) is 0 Å². The molecule has 0 unspecified atom stereocenters. The first-order valence-electron chi connectivity index (χ1n) is 1.44. The summed E-state index contributed by atoms with van der Waals surface area (Å²) in [4.78, 5) is 0. The van der Waals surface area contributed by atoms with Crippen molar-refractivity contribution in [2.24, 2.45) is 0 Å². The Kier molecular flexibility index (Phi) is 1.17. The standard InChI is InChI=1S/C2Cl2N2O/c3-1-2(4)6-7-5-1. The van der Waals surface area contributed by atoms with Crippen molar-refractivity contribution >= 4 is 23.2 Å². The number of hydrogen-bond donors (Lipinski definition) is 0. The summed E-state index contributed by atoms with van der Waals surface area (Å²) >= 11 is 10.4. The van der Waals surface area contributed by atoms with Crippen LogP contribution in [-0.2, 0) is 0 Å². The molecule has 0 amide bonds. The minimum absolute atomic E-state index is 0.0988. The van der Waals surface area contributed by atoms with E-state index in [1.54, 1.807) is 0 Å². The molecule has 0 aromatic carbocycles. The van der Waals surface area contributed by atoms with Crippen LogP contribution in [0.5, 0.6) is 0 Å². The zero-order valence-electron chi connectivity index (χ0n) is 3.06. The molecule has 0 aliphatic rings. The van der Waals surface area contributed by atoms with Crippen LogP contribution in [0.15, 0.2) is 4.63 Å². The van der Waals surface area contributed by atoms with Crippen molar-refractivity contribution in [3.63, 3.8) is 0 Å². The molecular formula is C2Cl2N2O. The molecule has 0 atom stereocenters. The van der Waals surface area contributed by atoms with Gasteiger partial charge in [0.15, 0.2) is 0 Å². The average Bonchev–Trinajstić information content (AvgIpc) is 1.91. The number of aromatic nitrogens is 2. The fraction of sp³-hybridized carbons (Fsp3) is 0. The van der Waals surface area contributed by atoms with Crippen molar-refractivity contribution in [3.05, 3.63) is 10.3 Å². The Hall–Kier alpha value is -0.280. The summed E-state index contributed by atoms with van der Waals surface area (Å²) in [7, 11) is 0. The topological polar surface area (TPSA) is 38.9 Å². The lowest BCUT2D eigenvalue weighted by molar-refractivity contribution is 0.307. The van der Waals surface area contributed by atoms with Gasteiger partial charge < -0.3 is 0 Å². The van der Waals surface area contributed by atoms with E-state index < -0.39 is 0 Å². The summed E-state index contributed by atoms with van der Waals surface area (Å²) < 4.78 is 4.08. The summed E-state index contributed by atoms with van der Waals surface area (Å²) in [5.41, 5.74) is 0. The van der Waals surface area contributed by atoms with Gasteiger partial charge in [0.05, 0.1) is 0 Å². The van der Waals surface area contributed by atoms with E-state index in [-0.39, 0.29) is 10.3 Å². The molecule has 0 fully saturated rings. The molecule has 38 valence electrons. The SMILES string of the molecule is Clc1nonc1Cl. The van der Waals surface area contributed by atoms with Crippen LogP contribution in [0.3, 0.4) is 0 Å². The quantitative estimate of drug-likeness (QED) is 0.544. The Morgan fingerprint density at radius 2 is 1.57 bits per heavy atom. The van der Waals surface area contributed by atoms with Crippen molar-refractivity contribution in [2.75, 3.05) is 0 Å². The van der Waals surface area contributed by atoms with Gasteiger partial charge in [-0.05, 0) is 10.3 Å². The van der Waals surface area contributed by atoms with Crippen LogP contribution in [0, 0.1) is 0 Å². The molecule has 0 radical (unpaired) electrons. The van der Waals surface area contributed by atoms with Gasteiger partial charge in [-0.15, -0.1) is 0 Å². The Morgan fingerprint density at radius 3 is 1.71 bits per heavy atom.